The van der Waals surface area contributed by atoms with E-state index in [-0.39, 0.29) is 0 Å². The quantitative estimate of drug-likeness (QED) is 0.879. The number of hydrogen-bond donors (Lipinski definition) is 1. The molecule has 0 aliphatic rings. The van der Waals surface area contributed by atoms with Crippen LogP contribution in [0.4, 0.5) is 11.4 Å². The third-order valence-electron chi connectivity index (χ3n) is 3.11. The summed E-state index contributed by atoms with van der Waals surface area (Å²) in [7, 11) is 7.19. The number of nitrogens with zero attached hydrogens (tertiary/aromatic N) is 3. The number of methoxy groups -OCH3 is 2. The monoisotopic (exact) mass is 288 g/mol. The summed E-state index contributed by atoms with van der Waals surface area (Å²) in [5.41, 5.74) is 2.95. The fourth-order valence-electron chi connectivity index (χ4n) is 1.95. The van der Waals surface area contributed by atoms with E-state index in [1.807, 2.05) is 26.2 Å². The summed E-state index contributed by atoms with van der Waals surface area (Å²) in [6, 6.07) is 8.16. The zero-order chi connectivity index (χ0) is 15.2. The van der Waals surface area contributed by atoms with Crippen molar-refractivity contribution in [1.82, 2.24) is 9.97 Å². The molecule has 0 aliphatic carbocycles. The van der Waals surface area contributed by atoms with Crippen molar-refractivity contribution in [3.05, 3.63) is 36.2 Å². The van der Waals surface area contributed by atoms with Gasteiger partial charge in [0.15, 0.2) is 0 Å². The van der Waals surface area contributed by atoms with Crippen molar-refractivity contribution < 1.29 is 9.47 Å². The number of nitrogens with one attached hydrogen (secondary N) is 1. The SMILES string of the molecule is COc1ncnc(OC)c1CNc1ccc(N(C)C)cc1. The Balaban J connectivity index is 2.12. The molecule has 1 heterocycles. The van der Waals surface area contributed by atoms with Gasteiger partial charge in [-0.15, -0.1) is 0 Å². The van der Waals surface area contributed by atoms with Gasteiger partial charge in [0, 0.05) is 25.5 Å². The van der Waals surface area contributed by atoms with Crippen LogP contribution in [0.15, 0.2) is 30.6 Å². The van der Waals surface area contributed by atoms with E-state index < -0.39 is 0 Å². The van der Waals surface area contributed by atoms with Crippen LogP contribution in [-0.2, 0) is 6.54 Å². The molecule has 0 bridgehead atoms. The maximum atomic E-state index is 5.25. The first kappa shape index (κ1) is 14.9. The Bertz CT molecular complexity index is 562. The highest BCUT2D eigenvalue weighted by Crippen LogP contribution is 2.25. The molecule has 2 aromatic rings. The van der Waals surface area contributed by atoms with E-state index in [0.717, 1.165) is 16.9 Å². The van der Waals surface area contributed by atoms with Crippen molar-refractivity contribution in [2.24, 2.45) is 0 Å². The summed E-state index contributed by atoms with van der Waals surface area (Å²) in [5, 5.41) is 3.32. The van der Waals surface area contributed by atoms with Crippen molar-refractivity contribution in [1.29, 1.82) is 0 Å². The Morgan fingerprint density at radius 2 is 1.57 bits per heavy atom. The van der Waals surface area contributed by atoms with Gasteiger partial charge in [-0.3, -0.25) is 0 Å². The molecule has 1 N–H and O–H groups in total. The molecule has 0 amide bonds. The molecule has 1 aromatic heterocycles. The van der Waals surface area contributed by atoms with Crippen LogP contribution in [0.1, 0.15) is 5.56 Å². The molecular formula is C15H20N4O2. The van der Waals surface area contributed by atoms with Crippen molar-refractivity contribution in [2.45, 2.75) is 6.54 Å². The van der Waals surface area contributed by atoms with Crippen LogP contribution in [-0.4, -0.2) is 38.3 Å². The lowest BCUT2D eigenvalue weighted by Crippen LogP contribution is -2.09. The summed E-state index contributed by atoms with van der Waals surface area (Å²) < 4.78 is 10.5. The van der Waals surface area contributed by atoms with Gasteiger partial charge in [0.1, 0.15) is 6.33 Å². The molecule has 1 aromatic carbocycles. The predicted octanol–water partition coefficient (Wildman–Crippen LogP) is 2.17. The number of anilines is 2. The largest absolute Gasteiger partial charge is 0.481 e. The van der Waals surface area contributed by atoms with Crippen molar-refractivity contribution in [2.75, 3.05) is 38.5 Å². The van der Waals surface area contributed by atoms with E-state index >= 15 is 0 Å². The summed E-state index contributed by atoms with van der Waals surface area (Å²) in [6.45, 7) is 0.522. The fourth-order valence-corrected chi connectivity index (χ4v) is 1.95. The minimum absolute atomic E-state index is 0.513. The molecule has 0 aliphatic heterocycles. The van der Waals surface area contributed by atoms with Gasteiger partial charge in [-0.05, 0) is 24.3 Å². The van der Waals surface area contributed by atoms with Gasteiger partial charge in [0.2, 0.25) is 11.8 Å². The molecule has 0 saturated heterocycles. The fraction of sp³-hybridized carbons (Fsp3) is 0.333. The third-order valence-corrected chi connectivity index (χ3v) is 3.11. The molecule has 0 fully saturated rings. The molecule has 0 spiro atoms. The van der Waals surface area contributed by atoms with Crippen LogP contribution >= 0.6 is 0 Å². The van der Waals surface area contributed by atoms with Gasteiger partial charge in [0.25, 0.3) is 0 Å². The van der Waals surface area contributed by atoms with Crippen LogP contribution in [0.5, 0.6) is 11.8 Å². The van der Waals surface area contributed by atoms with Crippen LogP contribution in [0.2, 0.25) is 0 Å². The molecule has 112 valence electrons. The number of ether oxygens (including phenoxy) is 2. The zero-order valence-corrected chi connectivity index (χ0v) is 12.8. The van der Waals surface area contributed by atoms with Crippen molar-refractivity contribution in [3.8, 4) is 11.8 Å². The summed E-state index contributed by atoms with van der Waals surface area (Å²) >= 11 is 0. The first-order valence-corrected chi connectivity index (χ1v) is 6.58. The molecule has 0 radical (unpaired) electrons. The maximum Gasteiger partial charge on any atom is 0.225 e. The lowest BCUT2D eigenvalue weighted by atomic mass is 10.2. The van der Waals surface area contributed by atoms with Gasteiger partial charge in [-0.2, -0.15) is 0 Å². The van der Waals surface area contributed by atoms with Gasteiger partial charge in [-0.1, -0.05) is 0 Å². The average Bonchev–Trinajstić information content (AvgIpc) is 2.52. The first-order valence-electron chi connectivity index (χ1n) is 6.58. The Hall–Kier alpha value is -2.50. The first-order chi connectivity index (χ1) is 10.2. The van der Waals surface area contributed by atoms with Crippen LogP contribution in [0, 0.1) is 0 Å². The lowest BCUT2D eigenvalue weighted by molar-refractivity contribution is 0.363. The van der Waals surface area contributed by atoms with Gasteiger partial charge < -0.3 is 19.7 Å². The second kappa shape index (κ2) is 6.78. The van der Waals surface area contributed by atoms with E-state index in [2.05, 4.69) is 32.3 Å². The number of benzene rings is 1. The Labute approximate surface area is 124 Å². The minimum atomic E-state index is 0.513. The topological polar surface area (TPSA) is 59.5 Å². The van der Waals surface area contributed by atoms with Crippen LogP contribution in [0.25, 0.3) is 0 Å². The smallest absolute Gasteiger partial charge is 0.225 e. The standard InChI is InChI=1S/C15H20N4O2/c1-19(2)12-7-5-11(6-8-12)16-9-13-14(20-3)17-10-18-15(13)21-4/h5-8,10,16H,9H2,1-4H3. The van der Waals surface area contributed by atoms with E-state index in [1.54, 1.807) is 14.2 Å². The van der Waals surface area contributed by atoms with Crippen LogP contribution < -0.4 is 19.7 Å². The maximum absolute atomic E-state index is 5.25. The van der Waals surface area contributed by atoms with E-state index in [1.165, 1.54) is 6.33 Å². The van der Waals surface area contributed by atoms with Crippen molar-refractivity contribution >= 4 is 11.4 Å². The average molecular weight is 288 g/mol. The predicted molar refractivity (Wildman–Crippen MR) is 83.2 cm³/mol. The Kier molecular flexibility index (Phi) is 4.81. The normalized spacial score (nSPS) is 10.1. The molecule has 6 heteroatoms. The second-order valence-electron chi connectivity index (χ2n) is 4.67. The Morgan fingerprint density at radius 1 is 1.00 bits per heavy atom. The molecule has 2 rings (SSSR count). The second-order valence-corrected chi connectivity index (χ2v) is 4.67. The molecule has 0 atom stereocenters. The van der Waals surface area contributed by atoms with Gasteiger partial charge >= 0.3 is 0 Å². The highest BCUT2D eigenvalue weighted by atomic mass is 16.5. The van der Waals surface area contributed by atoms with Gasteiger partial charge in [0.05, 0.1) is 26.3 Å². The highest BCUT2D eigenvalue weighted by molar-refractivity contribution is 5.55. The third kappa shape index (κ3) is 3.53. The molecule has 0 unspecified atom stereocenters. The molecule has 0 saturated carbocycles. The molecule has 21 heavy (non-hydrogen) atoms. The number of hydrogen-bond acceptors (Lipinski definition) is 6. The highest BCUT2D eigenvalue weighted by Gasteiger charge is 2.12. The van der Waals surface area contributed by atoms with Crippen LogP contribution in [0.3, 0.4) is 0 Å². The Morgan fingerprint density at radius 3 is 2.05 bits per heavy atom. The van der Waals surface area contributed by atoms with Crippen molar-refractivity contribution in [3.63, 3.8) is 0 Å². The summed E-state index contributed by atoms with van der Waals surface area (Å²) in [5.74, 6) is 1.03. The van der Waals surface area contributed by atoms with E-state index in [9.17, 15) is 0 Å². The summed E-state index contributed by atoms with van der Waals surface area (Å²) in [6.07, 6.45) is 1.42. The van der Waals surface area contributed by atoms with Gasteiger partial charge in [-0.25, -0.2) is 9.97 Å². The number of aromatic nitrogens is 2. The van der Waals surface area contributed by atoms with E-state index in [0.29, 0.717) is 18.3 Å². The minimum Gasteiger partial charge on any atom is -0.481 e. The number of rotatable bonds is 6. The van der Waals surface area contributed by atoms with E-state index in [4.69, 9.17) is 9.47 Å². The molecule has 6 nitrogen and oxygen atoms in total. The summed E-state index contributed by atoms with van der Waals surface area (Å²) in [4.78, 5) is 10.2. The molecular weight excluding hydrogens is 268 g/mol. The lowest BCUT2D eigenvalue weighted by Gasteiger charge is -2.14. The zero-order valence-electron chi connectivity index (χ0n) is 12.8.